The van der Waals surface area contributed by atoms with E-state index in [0.29, 0.717) is 5.82 Å². The van der Waals surface area contributed by atoms with Crippen molar-refractivity contribution in [2.45, 2.75) is 0 Å². The summed E-state index contributed by atoms with van der Waals surface area (Å²) in [4.78, 5) is 10.4. The van der Waals surface area contributed by atoms with E-state index < -0.39 is 0 Å². The van der Waals surface area contributed by atoms with E-state index in [4.69, 9.17) is 9.97 Å². The number of hydrogen-bond acceptors (Lipinski definition) is 2. The molecule has 14 rings (SSSR count). The van der Waals surface area contributed by atoms with Crippen LogP contribution >= 0.6 is 0 Å². The third kappa shape index (κ3) is 6.89. The molecular formula is C68H43N3. The summed E-state index contributed by atoms with van der Waals surface area (Å²) in [6.45, 7) is 0. The van der Waals surface area contributed by atoms with Crippen molar-refractivity contribution < 1.29 is 0 Å². The standard InChI is InChI=1S/C68H43N3/c1-3-17-46(18-4-1)65-58-26-9-10-27-59(58)66(67-55-23-8-7-16-45(55)38-39-60(65)67)47-32-30-44(31-33-47)49-34-35-51-41-53(37-36-50(51)40-49)62-43-61(69-68(70-62)48-19-5-2-6-20-48)52-21-15-22-54(42-52)71-63-28-13-11-24-56(63)57-25-12-14-29-64(57)71/h1-43H. The fraction of sp³-hybridized carbons (Fsp3) is 0. The summed E-state index contributed by atoms with van der Waals surface area (Å²) in [7, 11) is 0. The summed E-state index contributed by atoms with van der Waals surface area (Å²) in [5, 5.41) is 12.4. The summed E-state index contributed by atoms with van der Waals surface area (Å²) in [5.74, 6) is 0.695. The lowest BCUT2D eigenvalue weighted by Crippen LogP contribution is -1.98. The minimum absolute atomic E-state index is 0.695. The van der Waals surface area contributed by atoms with Crippen molar-refractivity contribution in [3.63, 3.8) is 0 Å². The van der Waals surface area contributed by atoms with Gasteiger partial charge in [-0.25, -0.2) is 9.97 Å². The highest BCUT2D eigenvalue weighted by molar-refractivity contribution is 6.28. The maximum Gasteiger partial charge on any atom is 0.160 e. The average Bonchev–Trinajstić information content (AvgIpc) is 3.79. The summed E-state index contributed by atoms with van der Waals surface area (Å²) in [5.41, 5.74) is 15.6. The molecule has 14 aromatic rings. The maximum absolute atomic E-state index is 5.22. The number of hydrogen-bond donors (Lipinski definition) is 0. The van der Waals surface area contributed by atoms with E-state index in [2.05, 4.69) is 247 Å². The van der Waals surface area contributed by atoms with Crippen molar-refractivity contribution in [3.8, 4) is 73.0 Å². The highest BCUT2D eigenvalue weighted by atomic mass is 15.0. The molecule has 0 radical (unpaired) electrons. The van der Waals surface area contributed by atoms with E-state index in [-0.39, 0.29) is 0 Å². The lowest BCUT2D eigenvalue weighted by atomic mass is 9.84. The molecule has 3 heteroatoms. The van der Waals surface area contributed by atoms with Gasteiger partial charge in [-0.3, -0.25) is 0 Å². The molecule has 0 saturated carbocycles. The van der Waals surface area contributed by atoms with Crippen molar-refractivity contribution in [2.24, 2.45) is 0 Å². The van der Waals surface area contributed by atoms with Crippen LogP contribution in [-0.4, -0.2) is 14.5 Å². The average molecular weight is 902 g/mol. The maximum atomic E-state index is 5.22. The van der Waals surface area contributed by atoms with E-state index in [9.17, 15) is 0 Å². The quantitative estimate of drug-likeness (QED) is 0.118. The van der Waals surface area contributed by atoms with Gasteiger partial charge in [0, 0.05) is 33.2 Å². The first-order valence-corrected chi connectivity index (χ1v) is 24.3. The second-order valence-corrected chi connectivity index (χ2v) is 18.5. The van der Waals surface area contributed by atoms with Crippen LogP contribution in [0.5, 0.6) is 0 Å². The van der Waals surface area contributed by atoms with Gasteiger partial charge in [0.05, 0.1) is 22.4 Å². The molecule has 2 aromatic heterocycles. The zero-order valence-electron chi connectivity index (χ0n) is 38.7. The Bertz CT molecular complexity index is 4330. The van der Waals surface area contributed by atoms with Crippen LogP contribution in [0.3, 0.4) is 0 Å². The summed E-state index contributed by atoms with van der Waals surface area (Å²) in [6, 6.07) is 94.2. The first kappa shape index (κ1) is 40.6. The lowest BCUT2D eigenvalue weighted by molar-refractivity contribution is 1.16. The molecule has 71 heavy (non-hydrogen) atoms. The van der Waals surface area contributed by atoms with Gasteiger partial charge in [0.1, 0.15) is 0 Å². The molecule has 0 unspecified atom stereocenters. The zero-order valence-corrected chi connectivity index (χ0v) is 38.7. The Labute approximate surface area is 411 Å². The van der Waals surface area contributed by atoms with Gasteiger partial charge in [0.2, 0.25) is 0 Å². The van der Waals surface area contributed by atoms with Crippen LogP contribution in [0.1, 0.15) is 0 Å². The zero-order chi connectivity index (χ0) is 46.8. The minimum Gasteiger partial charge on any atom is -0.309 e. The molecule has 0 aliphatic heterocycles. The molecule has 0 saturated heterocycles. The molecule has 0 amide bonds. The van der Waals surface area contributed by atoms with E-state index in [1.807, 2.05) is 18.2 Å². The summed E-state index contributed by atoms with van der Waals surface area (Å²) >= 11 is 0. The van der Waals surface area contributed by atoms with E-state index >= 15 is 0 Å². The first-order chi connectivity index (χ1) is 35.2. The van der Waals surface area contributed by atoms with Gasteiger partial charge < -0.3 is 4.57 Å². The number of aromatic nitrogens is 3. The highest BCUT2D eigenvalue weighted by Crippen LogP contribution is 2.46. The Hall–Kier alpha value is -9.44. The minimum atomic E-state index is 0.695. The van der Waals surface area contributed by atoms with Gasteiger partial charge >= 0.3 is 0 Å². The molecule has 3 nitrogen and oxygen atoms in total. The van der Waals surface area contributed by atoms with E-state index in [0.717, 1.165) is 39.2 Å². The predicted molar refractivity (Wildman–Crippen MR) is 299 cm³/mol. The van der Waals surface area contributed by atoms with Crippen LogP contribution in [0.4, 0.5) is 0 Å². The van der Waals surface area contributed by atoms with E-state index in [1.54, 1.807) is 0 Å². The van der Waals surface area contributed by atoms with Crippen molar-refractivity contribution in [1.29, 1.82) is 0 Å². The highest BCUT2D eigenvalue weighted by Gasteiger charge is 2.20. The Balaban J connectivity index is 0.841. The number of para-hydroxylation sites is 2. The number of rotatable bonds is 7. The van der Waals surface area contributed by atoms with Crippen LogP contribution in [0.15, 0.2) is 261 Å². The fourth-order valence-corrected chi connectivity index (χ4v) is 11.0. The van der Waals surface area contributed by atoms with Crippen LogP contribution in [-0.2, 0) is 0 Å². The van der Waals surface area contributed by atoms with Gasteiger partial charge in [-0.15, -0.1) is 0 Å². The van der Waals surface area contributed by atoms with Crippen molar-refractivity contribution in [1.82, 2.24) is 14.5 Å². The van der Waals surface area contributed by atoms with Gasteiger partial charge in [-0.05, 0) is 119 Å². The molecule has 0 spiro atoms. The normalized spacial score (nSPS) is 11.7. The number of nitrogens with zero attached hydrogens (tertiary/aromatic N) is 3. The smallest absolute Gasteiger partial charge is 0.160 e. The van der Waals surface area contributed by atoms with Gasteiger partial charge in [0.15, 0.2) is 5.82 Å². The monoisotopic (exact) mass is 901 g/mol. The van der Waals surface area contributed by atoms with Gasteiger partial charge in [-0.2, -0.15) is 0 Å². The van der Waals surface area contributed by atoms with Crippen molar-refractivity contribution in [3.05, 3.63) is 261 Å². The van der Waals surface area contributed by atoms with E-state index in [1.165, 1.54) is 92.9 Å². The van der Waals surface area contributed by atoms with Crippen molar-refractivity contribution >= 4 is 64.9 Å². The molecule has 0 aliphatic carbocycles. The third-order valence-electron chi connectivity index (χ3n) is 14.4. The molecule has 0 atom stereocenters. The molecule has 2 heterocycles. The number of benzene rings is 12. The van der Waals surface area contributed by atoms with Crippen LogP contribution in [0.25, 0.3) is 138 Å². The summed E-state index contributed by atoms with van der Waals surface area (Å²) < 4.78 is 2.36. The molecule has 12 aromatic carbocycles. The second-order valence-electron chi connectivity index (χ2n) is 18.5. The Morgan fingerprint density at radius 1 is 0.254 bits per heavy atom. The number of fused-ring (bicyclic) bond motifs is 8. The van der Waals surface area contributed by atoms with Crippen LogP contribution in [0.2, 0.25) is 0 Å². The molecule has 330 valence electrons. The summed E-state index contributed by atoms with van der Waals surface area (Å²) in [6.07, 6.45) is 0. The molecule has 0 bridgehead atoms. The predicted octanol–water partition coefficient (Wildman–Crippen LogP) is 18.2. The Morgan fingerprint density at radius 3 is 1.42 bits per heavy atom. The second kappa shape index (κ2) is 16.7. The Kier molecular flexibility index (Phi) is 9.53. The molecule has 0 fully saturated rings. The van der Waals surface area contributed by atoms with Crippen molar-refractivity contribution in [2.75, 3.05) is 0 Å². The SMILES string of the molecule is c1ccc(-c2nc(-c3cccc(-n4c5ccccc5c5ccccc54)c3)cc(-c3ccc4cc(-c5ccc(-c6c7ccccc7c(-c7ccccc7)c7ccc8ccccc8c67)cc5)ccc4c3)n2)cc1. The molecule has 0 N–H and O–H groups in total. The Morgan fingerprint density at radius 2 is 0.732 bits per heavy atom. The topological polar surface area (TPSA) is 30.7 Å². The molecular weight excluding hydrogens is 859 g/mol. The largest absolute Gasteiger partial charge is 0.309 e. The lowest BCUT2D eigenvalue weighted by Gasteiger charge is -2.19. The van der Waals surface area contributed by atoms with Gasteiger partial charge in [-0.1, -0.05) is 218 Å². The first-order valence-electron chi connectivity index (χ1n) is 24.3. The van der Waals surface area contributed by atoms with Crippen LogP contribution in [0, 0.1) is 0 Å². The van der Waals surface area contributed by atoms with Crippen LogP contribution < -0.4 is 0 Å². The third-order valence-corrected chi connectivity index (χ3v) is 14.4. The van der Waals surface area contributed by atoms with Gasteiger partial charge in [0.25, 0.3) is 0 Å². The fourth-order valence-electron chi connectivity index (χ4n) is 11.0. The molecule has 0 aliphatic rings.